The van der Waals surface area contributed by atoms with Crippen molar-refractivity contribution in [3.05, 3.63) is 48.3 Å². The van der Waals surface area contributed by atoms with Crippen molar-refractivity contribution in [1.82, 2.24) is 4.98 Å². The summed E-state index contributed by atoms with van der Waals surface area (Å²) in [5.41, 5.74) is 8.92. The van der Waals surface area contributed by atoms with E-state index in [-0.39, 0.29) is 0 Å². The zero-order valence-corrected chi connectivity index (χ0v) is 8.53. The van der Waals surface area contributed by atoms with Gasteiger partial charge >= 0.3 is 0 Å². The first-order chi connectivity index (χ1) is 7.36. The molecule has 0 aliphatic rings. The third kappa shape index (κ3) is 2.53. The zero-order valence-electron chi connectivity index (χ0n) is 8.53. The third-order valence-electron chi connectivity index (χ3n) is 2.35. The summed E-state index contributed by atoms with van der Waals surface area (Å²) in [6.45, 7) is 0.895. The van der Waals surface area contributed by atoms with Crippen LogP contribution in [0.3, 0.4) is 0 Å². The fourth-order valence-corrected chi connectivity index (χ4v) is 1.51. The van der Waals surface area contributed by atoms with Gasteiger partial charge in [-0.15, -0.1) is 0 Å². The van der Waals surface area contributed by atoms with Gasteiger partial charge in [0, 0.05) is 18.9 Å². The minimum Gasteiger partial charge on any atom is -0.397 e. The molecule has 3 heteroatoms. The Balaban J connectivity index is 1.86. The second kappa shape index (κ2) is 4.55. The van der Waals surface area contributed by atoms with Crippen LogP contribution in [0.4, 0.5) is 11.4 Å². The molecular weight excluding hydrogens is 186 g/mol. The van der Waals surface area contributed by atoms with Gasteiger partial charge < -0.3 is 16.0 Å². The molecular formula is C12H15N3. The van der Waals surface area contributed by atoms with Crippen LogP contribution in [-0.2, 0) is 6.42 Å². The van der Waals surface area contributed by atoms with E-state index in [9.17, 15) is 0 Å². The average molecular weight is 201 g/mol. The Morgan fingerprint density at radius 2 is 2.07 bits per heavy atom. The molecule has 0 saturated heterocycles. The van der Waals surface area contributed by atoms with E-state index in [4.69, 9.17) is 5.73 Å². The van der Waals surface area contributed by atoms with E-state index in [1.54, 1.807) is 0 Å². The maximum absolute atomic E-state index is 5.81. The average Bonchev–Trinajstić information content (AvgIpc) is 2.74. The van der Waals surface area contributed by atoms with E-state index in [0.717, 1.165) is 24.3 Å². The lowest BCUT2D eigenvalue weighted by molar-refractivity contribution is 1.02. The van der Waals surface area contributed by atoms with Gasteiger partial charge in [0.05, 0.1) is 11.4 Å². The number of hydrogen-bond acceptors (Lipinski definition) is 2. The van der Waals surface area contributed by atoms with Gasteiger partial charge in [-0.05, 0) is 30.2 Å². The van der Waals surface area contributed by atoms with Crippen molar-refractivity contribution in [3.63, 3.8) is 0 Å². The summed E-state index contributed by atoms with van der Waals surface area (Å²) in [5.74, 6) is 0. The van der Waals surface area contributed by atoms with Gasteiger partial charge in [-0.25, -0.2) is 0 Å². The van der Waals surface area contributed by atoms with E-state index in [1.165, 1.54) is 5.56 Å². The predicted molar refractivity (Wildman–Crippen MR) is 63.8 cm³/mol. The summed E-state index contributed by atoms with van der Waals surface area (Å²) in [5, 5.41) is 3.31. The molecule has 2 rings (SSSR count). The topological polar surface area (TPSA) is 53.8 Å². The first kappa shape index (κ1) is 9.65. The first-order valence-electron chi connectivity index (χ1n) is 5.06. The van der Waals surface area contributed by atoms with Crippen LogP contribution < -0.4 is 11.1 Å². The van der Waals surface area contributed by atoms with Crippen molar-refractivity contribution in [1.29, 1.82) is 0 Å². The predicted octanol–water partition coefficient (Wildman–Crippen LogP) is 2.25. The highest BCUT2D eigenvalue weighted by Gasteiger charge is 1.96. The second-order valence-corrected chi connectivity index (χ2v) is 3.48. The van der Waals surface area contributed by atoms with Crippen LogP contribution in [0, 0.1) is 0 Å². The Kier molecular flexibility index (Phi) is 2.93. The van der Waals surface area contributed by atoms with Crippen LogP contribution in [0.1, 0.15) is 5.56 Å². The zero-order chi connectivity index (χ0) is 10.5. The Labute approximate surface area is 89.3 Å². The Bertz CT molecular complexity index is 407. The molecule has 0 unspecified atom stereocenters. The third-order valence-corrected chi connectivity index (χ3v) is 2.35. The van der Waals surface area contributed by atoms with Crippen molar-refractivity contribution in [2.75, 3.05) is 17.6 Å². The number of anilines is 2. The monoisotopic (exact) mass is 201 g/mol. The standard InChI is InChI=1S/C12H15N3/c13-11-3-1-2-4-12(11)15-8-6-10-5-7-14-9-10/h1-5,7,9,14-15H,6,8,13H2. The lowest BCUT2D eigenvalue weighted by atomic mass is 10.2. The quantitative estimate of drug-likeness (QED) is 0.664. The largest absolute Gasteiger partial charge is 0.397 e. The Hall–Kier alpha value is -1.90. The highest BCUT2D eigenvalue weighted by molar-refractivity contribution is 5.65. The molecule has 4 N–H and O–H groups in total. The molecule has 1 aromatic carbocycles. The molecule has 3 nitrogen and oxygen atoms in total. The summed E-state index contributed by atoms with van der Waals surface area (Å²) in [6, 6.07) is 9.89. The fourth-order valence-electron chi connectivity index (χ4n) is 1.51. The minimum atomic E-state index is 0.798. The first-order valence-corrected chi connectivity index (χ1v) is 5.06. The summed E-state index contributed by atoms with van der Waals surface area (Å²) >= 11 is 0. The maximum Gasteiger partial charge on any atom is 0.0574 e. The van der Waals surface area contributed by atoms with E-state index in [1.807, 2.05) is 36.7 Å². The molecule has 0 saturated carbocycles. The van der Waals surface area contributed by atoms with Crippen LogP contribution in [0.5, 0.6) is 0 Å². The molecule has 0 spiro atoms. The number of aromatic nitrogens is 1. The number of para-hydroxylation sites is 2. The second-order valence-electron chi connectivity index (χ2n) is 3.48. The van der Waals surface area contributed by atoms with E-state index in [0.29, 0.717) is 0 Å². The number of nitrogens with one attached hydrogen (secondary N) is 2. The van der Waals surface area contributed by atoms with Crippen molar-refractivity contribution < 1.29 is 0 Å². The number of benzene rings is 1. The summed E-state index contributed by atoms with van der Waals surface area (Å²) in [4.78, 5) is 3.04. The van der Waals surface area contributed by atoms with Crippen LogP contribution in [0.25, 0.3) is 0 Å². The minimum absolute atomic E-state index is 0.798. The SMILES string of the molecule is Nc1ccccc1NCCc1cc[nH]c1. The smallest absolute Gasteiger partial charge is 0.0574 e. The van der Waals surface area contributed by atoms with Gasteiger partial charge in [0.2, 0.25) is 0 Å². The van der Waals surface area contributed by atoms with Gasteiger partial charge in [0.1, 0.15) is 0 Å². The number of hydrogen-bond donors (Lipinski definition) is 3. The van der Waals surface area contributed by atoms with E-state index >= 15 is 0 Å². The lowest BCUT2D eigenvalue weighted by Gasteiger charge is -2.07. The van der Waals surface area contributed by atoms with Gasteiger partial charge in [0.25, 0.3) is 0 Å². The van der Waals surface area contributed by atoms with Crippen molar-refractivity contribution in [2.24, 2.45) is 0 Å². The van der Waals surface area contributed by atoms with Gasteiger partial charge in [-0.3, -0.25) is 0 Å². The van der Waals surface area contributed by atoms with Crippen LogP contribution in [0.15, 0.2) is 42.7 Å². The normalized spacial score (nSPS) is 10.1. The van der Waals surface area contributed by atoms with Gasteiger partial charge in [-0.2, -0.15) is 0 Å². The van der Waals surface area contributed by atoms with Gasteiger partial charge in [0.15, 0.2) is 0 Å². The highest BCUT2D eigenvalue weighted by atomic mass is 14.9. The Morgan fingerprint density at radius 3 is 2.80 bits per heavy atom. The van der Waals surface area contributed by atoms with Crippen molar-refractivity contribution >= 4 is 11.4 Å². The summed E-state index contributed by atoms with van der Waals surface area (Å²) in [6.07, 6.45) is 4.94. The molecule has 0 bridgehead atoms. The summed E-state index contributed by atoms with van der Waals surface area (Å²) in [7, 11) is 0. The molecule has 0 radical (unpaired) electrons. The lowest BCUT2D eigenvalue weighted by Crippen LogP contribution is -2.06. The highest BCUT2D eigenvalue weighted by Crippen LogP contribution is 2.16. The molecule has 1 aromatic heterocycles. The fraction of sp³-hybridized carbons (Fsp3) is 0.167. The van der Waals surface area contributed by atoms with E-state index < -0.39 is 0 Å². The molecule has 78 valence electrons. The maximum atomic E-state index is 5.81. The molecule has 0 atom stereocenters. The molecule has 0 fully saturated rings. The van der Waals surface area contributed by atoms with Crippen LogP contribution in [-0.4, -0.2) is 11.5 Å². The molecule has 0 aliphatic heterocycles. The van der Waals surface area contributed by atoms with Crippen molar-refractivity contribution in [3.8, 4) is 0 Å². The van der Waals surface area contributed by atoms with Crippen LogP contribution in [0.2, 0.25) is 0 Å². The van der Waals surface area contributed by atoms with Crippen molar-refractivity contribution in [2.45, 2.75) is 6.42 Å². The van der Waals surface area contributed by atoms with Gasteiger partial charge in [-0.1, -0.05) is 12.1 Å². The number of rotatable bonds is 4. The molecule has 1 heterocycles. The molecule has 2 aromatic rings. The summed E-state index contributed by atoms with van der Waals surface area (Å²) < 4.78 is 0. The molecule has 0 amide bonds. The number of aromatic amines is 1. The number of nitrogen functional groups attached to an aromatic ring is 1. The molecule has 0 aliphatic carbocycles. The van der Waals surface area contributed by atoms with Crippen LogP contribution >= 0.6 is 0 Å². The number of nitrogens with two attached hydrogens (primary N) is 1. The Morgan fingerprint density at radius 1 is 1.20 bits per heavy atom. The van der Waals surface area contributed by atoms with E-state index in [2.05, 4.69) is 16.4 Å². The molecule has 15 heavy (non-hydrogen) atoms. The number of H-pyrrole nitrogens is 1.